The zero-order valence-corrected chi connectivity index (χ0v) is 12.9. The Labute approximate surface area is 134 Å². The molecule has 0 aliphatic heterocycles. The molecular weight excluding hydrogens is 286 g/mol. The molecule has 0 unspecified atom stereocenters. The second-order valence-corrected chi connectivity index (χ2v) is 5.41. The van der Waals surface area contributed by atoms with Crippen LogP contribution in [0.4, 0.5) is 0 Å². The van der Waals surface area contributed by atoms with E-state index < -0.39 is 5.92 Å². The number of nitrogens with zero attached hydrogens (tertiary/aromatic N) is 5. The summed E-state index contributed by atoms with van der Waals surface area (Å²) in [4.78, 5) is 9.17. The van der Waals surface area contributed by atoms with Crippen LogP contribution >= 0.6 is 0 Å². The third-order valence-electron chi connectivity index (χ3n) is 3.50. The molecule has 5 nitrogen and oxygen atoms in total. The van der Waals surface area contributed by atoms with E-state index in [1.807, 2.05) is 67.2 Å². The summed E-state index contributed by atoms with van der Waals surface area (Å²) in [6.45, 7) is 3.98. The van der Waals surface area contributed by atoms with E-state index in [1.165, 1.54) is 0 Å². The van der Waals surface area contributed by atoms with Gasteiger partial charge in [-0.25, -0.2) is 9.55 Å². The highest BCUT2D eigenvalue weighted by Gasteiger charge is 2.26. The molecule has 23 heavy (non-hydrogen) atoms. The first-order chi connectivity index (χ1) is 11.1. The van der Waals surface area contributed by atoms with E-state index in [2.05, 4.69) is 16.0 Å². The lowest BCUT2D eigenvalue weighted by Crippen LogP contribution is -2.34. The van der Waals surface area contributed by atoms with Gasteiger partial charge in [0, 0.05) is 0 Å². The Morgan fingerprint density at radius 2 is 1.52 bits per heavy atom. The fourth-order valence-corrected chi connectivity index (χ4v) is 2.57. The average molecular weight is 300 g/mol. The first-order valence-electron chi connectivity index (χ1n) is 7.18. The highest BCUT2D eigenvalue weighted by Crippen LogP contribution is 2.20. The molecule has 1 aromatic carbocycles. The van der Waals surface area contributed by atoms with Crippen molar-refractivity contribution in [2.75, 3.05) is 0 Å². The molecule has 2 heterocycles. The lowest BCUT2D eigenvalue weighted by molar-refractivity contribution is -0.601. The van der Waals surface area contributed by atoms with Gasteiger partial charge >= 0.3 is 5.82 Å². The first kappa shape index (κ1) is 14.6. The van der Waals surface area contributed by atoms with Crippen molar-refractivity contribution < 1.29 is 4.57 Å². The molecule has 0 amide bonds. The molecule has 0 bridgehead atoms. The number of para-hydroxylation sites is 2. The number of rotatable bonds is 2. The maximum Gasteiger partial charge on any atom is 0.352 e. The van der Waals surface area contributed by atoms with Crippen molar-refractivity contribution in [2.24, 2.45) is 0 Å². The van der Waals surface area contributed by atoms with Crippen LogP contribution in [0.25, 0.3) is 16.9 Å². The highest BCUT2D eigenvalue weighted by atomic mass is 15.1. The standard InChI is InChI=1S/C18H14N5/c1-12-7-13(2)11-23(10-12)18-17(14(8-19)9-20)21-15-5-3-4-6-16(15)22-18/h3-7,10-11,14H,1-2H3/q+1. The van der Waals surface area contributed by atoms with Crippen LogP contribution in [0.3, 0.4) is 0 Å². The Kier molecular flexibility index (Phi) is 3.70. The van der Waals surface area contributed by atoms with E-state index in [-0.39, 0.29) is 0 Å². The predicted molar refractivity (Wildman–Crippen MR) is 84.5 cm³/mol. The van der Waals surface area contributed by atoms with Gasteiger partial charge in [0.1, 0.15) is 5.52 Å². The van der Waals surface area contributed by atoms with Crippen LogP contribution in [-0.4, -0.2) is 9.97 Å². The maximum atomic E-state index is 9.28. The summed E-state index contributed by atoms with van der Waals surface area (Å²) in [7, 11) is 0. The number of fused-ring (bicyclic) bond motifs is 1. The molecule has 0 fully saturated rings. The van der Waals surface area contributed by atoms with Gasteiger partial charge in [-0.15, -0.1) is 0 Å². The Morgan fingerprint density at radius 3 is 2.09 bits per heavy atom. The zero-order valence-electron chi connectivity index (χ0n) is 12.9. The minimum Gasteiger partial charge on any atom is -0.237 e. The van der Waals surface area contributed by atoms with Crippen LogP contribution in [0, 0.1) is 36.5 Å². The molecule has 110 valence electrons. The summed E-state index contributed by atoms with van der Waals surface area (Å²) in [6.07, 6.45) is 3.84. The molecular formula is C18H14N5+. The quantitative estimate of drug-likeness (QED) is 0.682. The topological polar surface area (TPSA) is 77.2 Å². The second-order valence-electron chi connectivity index (χ2n) is 5.41. The monoisotopic (exact) mass is 300 g/mol. The van der Waals surface area contributed by atoms with Crippen LogP contribution in [-0.2, 0) is 0 Å². The predicted octanol–water partition coefficient (Wildman–Crippen LogP) is 2.65. The number of hydrogen-bond acceptors (Lipinski definition) is 4. The summed E-state index contributed by atoms with van der Waals surface area (Å²) < 4.78 is 1.83. The SMILES string of the molecule is Cc1cc(C)c[n+](-c2nc3ccccc3nc2C(C#N)C#N)c1. The van der Waals surface area contributed by atoms with Gasteiger partial charge in [0.2, 0.25) is 5.52 Å². The van der Waals surface area contributed by atoms with Crippen LogP contribution in [0.1, 0.15) is 22.7 Å². The van der Waals surface area contributed by atoms with Crippen molar-refractivity contribution in [3.05, 3.63) is 59.5 Å². The van der Waals surface area contributed by atoms with Crippen LogP contribution < -0.4 is 4.57 Å². The van der Waals surface area contributed by atoms with Crippen molar-refractivity contribution in [3.8, 4) is 18.0 Å². The third kappa shape index (κ3) is 2.73. The van der Waals surface area contributed by atoms with Gasteiger partial charge in [0.15, 0.2) is 11.6 Å². The normalized spacial score (nSPS) is 10.5. The molecule has 5 heteroatoms. The molecule has 0 saturated heterocycles. The number of benzene rings is 1. The lowest BCUT2D eigenvalue weighted by Gasteiger charge is -2.06. The van der Waals surface area contributed by atoms with Crippen molar-refractivity contribution >= 4 is 11.0 Å². The molecule has 0 atom stereocenters. The number of aromatic nitrogens is 3. The van der Waals surface area contributed by atoms with E-state index in [0.29, 0.717) is 17.0 Å². The van der Waals surface area contributed by atoms with E-state index in [4.69, 9.17) is 0 Å². The Morgan fingerprint density at radius 1 is 0.957 bits per heavy atom. The largest absolute Gasteiger partial charge is 0.352 e. The van der Waals surface area contributed by atoms with Gasteiger partial charge in [-0.1, -0.05) is 12.1 Å². The Balaban J connectivity index is 2.35. The molecule has 2 aromatic heterocycles. The number of pyridine rings is 1. The fourth-order valence-electron chi connectivity index (χ4n) is 2.57. The van der Waals surface area contributed by atoms with E-state index in [9.17, 15) is 10.5 Å². The average Bonchev–Trinajstić information content (AvgIpc) is 2.54. The number of hydrogen-bond donors (Lipinski definition) is 0. The van der Waals surface area contributed by atoms with Gasteiger partial charge in [-0.05, 0) is 48.2 Å². The second kappa shape index (κ2) is 5.82. The molecule has 0 radical (unpaired) electrons. The molecule has 3 rings (SSSR count). The summed E-state index contributed by atoms with van der Waals surface area (Å²) >= 11 is 0. The molecule has 0 aliphatic carbocycles. The highest BCUT2D eigenvalue weighted by molar-refractivity contribution is 5.75. The summed E-state index contributed by atoms with van der Waals surface area (Å²) in [5.41, 5.74) is 3.91. The number of nitriles is 2. The van der Waals surface area contributed by atoms with E-state index in [0.717, 1.165) is 16.6 Å². The van der Waals surface area contributed by atoms with Crippen molar-refractivity contribution in [1.29, 1.82) is 10.5 Å². The summed E-state index contributed by atoms with van der Waals surface area (Å²) in [6, 6.07) is 13.5. The van der Waals surface area contributed by atoms with E-state index in [1.54, 1.807) is 0 Å². The van der Waals surface area contributed by atoms with Crippen LogP contribution in [0.5, 0.6) is 0 Å². The van der Waals surface area contributed by atoms with Crippen LogP contribution in [0.15, 0.2) is 42.7 Å². The third-order valence-corrected chi connectivity index (χ3v) is 3.50. The molecule has 0 saturated carbocycles. The van der Waals surface area contributed by atoms with Gasteiger partial charge in [0.25, 0.3) is 0 Å². The van der Waals surface area contributed by atoms with Crippen LogP contribution in [0.2, 0.25) is 0 Å². The maximum absolute atomic E-state index is 9.28. The van der Waals surface area contributed by atoms with Gasteiger partial charge in [-0.3, -0.25) is 0 Å². The van der Waals surface area contributed by atoms with Crippen molar-refractivity contribution in [2.45, 2.75) is 19.8 Å². The lowest BCUT2D eigenvalue weighted by atomic mass is 10.1. The molecule has 0 aliphatic rings. The van der Waals surface area contributed by atoms with E-state index >= 15 is 0 Å². The van der Waals surface area contributed by atoms with Gasteiger partial charge in [0.05, 0.1) is 24.5 Å². The minimum absolute atomic E-state index is 0.378. The number of aryl methyl sites for hydroxylation is 2. The summed E-state index contributed by atoms with van der Waals surface area (Å²) in [5, 5.41) is 18.6. The van der Waals surface area contributed by atoms with Gasteiger partial charge in [-0.2, -0.15) is 10.5 Å². The minimum atomic E-state index is -0.963. The molecule has 0 N–H and O–H groups in total. The summed E-state index contributed by atoms with van der Waals surface area (Å²) in [5.74, 6) is -0.445. The first-order valence-corrected chi connectivity index (χ1v) is 7.18. The smallest absolute Gasteiger partial charge is 0.237 e. The Hall–Kier alpha value is -3.31. The zero-order chi connectivity index (χ0) is 16.4. The van der Waals surface area contributed by atoms with Crippen molar-refractivity contribution in [1.82, 2.24) is 9.97 Å². The Bertz CT molecular complexity index is 945. The van der Waals surface area contributed by atoms with Gasteiger partial charge < -0.3 is 0 Å². The fraction of sp³-hybridized carbons (Fsp3) is 0.167. The molecule has 0 spiro atoms. The van der Waals surface area contributed by atoms with Crippen molar-refractivity contribution in [3.63, 3.8) is 0 Å². The molecule has 3 aromatic rings.